The van der Waals surface area contributed by atoms with Gasteiger partial charge in [0, 0.05) is 12.5 Å². The number of methoxy groups -OCH3 is 1. The molecule has 0 fully saturated rings. The molecule has 3 rings (SSSR count). The van der Waals surface area contributed by atoms with Gasteiger partial charge in [-0.1, -0.05) is 30.3 Å². The van der Waals surface area contributed by atoms with Gasteiger partial charge in [0.25, 0.3) is 0 Å². The molecule has 0 heterocycles. The van der Waals surface area contributed by atoms with Gasteiger partial charge in [0.15, 0.2) is 11.6 Å². The quantitative estimate of drug-likeness (QED) is 0.849. The Morgan fingerprint density at radius 1 is 1.33 bits per heavy atom. The van der Waals surface area contributed by atoms with E-state index >= 15 is 0 Å². The van der Waals surface area contributed by atoms with Crippen molar-refractivity contribution in [1.29, 1.82) is 0 Å². The van der Waals surface area contributed by atoms with Gasteiger partial charge in [-0.15, -0.1) is 0 Å². The molecule has 0 saturated heterocycles. The number of benzene rings is 2. The molecule has 4 nitrogen and oxygen atoms in total. The normalized spacial score (nSPS) is 19.3. The number of fused-ring (bicyclic) bond motifs is 1. The summed E-state index contributed by atoms with van der Waals surface area (Å²) in [6.07, 6.45) is 2.83. The summed E-state index contributed by atoms with van der Waals surface area (Å²) in [7, 11) is 1.39. The van der Waals surface area contributed by atoms with Gasteiger partial charge < -0.3 is 15.2 Å². The van der Waals surface area contributed by atoms with Crippen molar-refractivity contribution >= 4 is 12.0 Å². The van der Waals surface area contributed by atoms with Crippen molar-refractivity contribution in [2.24, 2.45) is 0 Å². The highest BCUT2D eigenvalue weighted by atomic mass is 19.1. The number of aliphatic hydroxyl groups is 1. The number of aliphatic hydroxyl groups excluding tert-OH is 1. The van der Waals surface area contributed by atoms with Crippen molar-refractivity contribution < 1.29 is 19.0 Å². The smallest absolute Gasteiger partial charge is 0.244 e. The van der Waals surface area contributed by atoms with Gasteiger partial charge in [0.1, 0.15) is 0 Å². The second kappa shape index (κ2) is 6.84. The van der Waals surface area contributed by atoms with Crippen molar-refractivity contribution in [3.63, 3.8) is 0 Å². The van der Waals surface area contributed by atoms with Gasteiger partial charge in [0.2, 0.25) is 5.91 Å². The summed E-state index contributed by atoms with van der Waals surface area (Å²) >= 11 is 0. The van der Waals surface area contributed by atoms with E-state index in [9.17, 15) is 14.3 Å². The first-order valence-corrected chi connectivity index (χ1v) is 7.66. The molecule has 124 valence electrons. The van der Waals surface area contributed by atoms with Crippen LogP contribution in [0.15, 0.2) is 48.5 Å². The number of hydrogen-bond donors (Lipinski definition) is 2. The number of rotatable bonds is 4. The zero-order chi connectivity index (χ0) is 17.1. The van der Waals surface area contributed by atoms with Gasteiger partial charge >= 0.3 is 0 Å². The maximum Gasteiger partial charge on any atom is 0.244 e. The Morgan fingerprint density at radius 2 is 2.12 bits per heavy atom. The van der Waals surface area contributed by atoms with E-state index in [-0.39, 0.29) is 11.7 Å². The molecule has 0 aromatic heterocycles. The second-order valence-electron chi connectivity index (χ2n) is 5.68. The standard InChI is InChI=1S/C19H18FNO3/c1-24-17-10-12(6-8-15(17)20)7-9-18(23)21-19-14-5-3-2-4-13(14)11-16(19)22/h2-10,16,19,22H,11H2,1H3,(H,21,23)/b9-7+/t16-,19+/m1/s1. The maximum absolute atomic E-state index is 13.4. The Morgan fingerprint density at radius 3 is 2.92 bits per heavy atom. The molecule has 0 saturated carbocycles. The Balaban J connectivity index is 1.70. The third kappa shape index (κ3) is 3.31. The molecule has 1 aliphatic carbocycles. The van der Waals surface area contributed by atoms with E-state index in [0.717, 1.165) is 11.1 Å². The average Bonchev–Trinajstić information content (AvgIpc) is 2.90. The van der Waals surface area contributed by atoms with Crippen molar-refractivity contribution in [1.82, 2.24) is 5.32 Å². The summed E-state index contributed by atoms with van der Waals surface area (Å²) < 4.78 is 18.3. The summed E-state index contributed by atoms with van der Waals surface area (Å²) in [5, 5.41) is 13.0. The zero-order valence-corrected chi connectivity index (χ0v) is 13.2. The third-order valence-corrected chi connectivity index (χ3v) is 4.10. The highest BCUT2D eigenvalue weighted by Gasteiger charge is 2.31. The molecule has 2 atom stereocenters. The monoisotopic (exact) mass is 327 g/mol. The minimum absolute atomic E-state index is 0.123. The average molecular weight is 327 g/mol. The molecule has 0 aliphatic heterocycles. The summed E-state index contributed by atoms with van der Waals surface area (Å²) in [6, 6.07) is 11.6. The lowest BCUT2D eigenvalue weighted by Gasteiger charge is -2.16. The molecule has 1 amide bonds. The molecule has 1 aliphatic rings. The lowest BCUT2D eigenvalue weighted by atomic mass is 10.1. The molecule has 0 radical (unpaired) electrons. The zero-order valence-electron chi connectivity index (χ0n) is 13.2. The maximum atomic E-state index is 13.4. The van der Waals surface area contributed by atoms with Crippen LogP contribution < -0.4 is 10.1 Å². The first-order valence-electron chi connectivity index (χ1n) is 7.66. The van der Waals surface area contributed by atoms with Gasteiger partial charge in [-0.2, -0.15) is 0 Å². The molecule has 2 N–H and O–H groups in total. The first-order chi connectivity index (χ1) is 11.6. The molecule has 24 heavy (non-hydrogen) atoms. The molecule has 5 heteroatoms. The van der Waals surface area contributed by atoms with Crippen LogP contribution in [0.25, 0.3) is 6.08 Å². The van der Waals surface area contributed by atoms with Crippen LogP contribution in [0, 0.1) is 5.82 Å². The number of hydrogen-bond acceptors (Lipinski definition) is 3. The SMILES string of the molecule is COc1cc(/C=C/C(=O)N[C@H]2c3ccccc3C[C@H]2O)ccc1F. The number of carbonyl (C=O) groups is 1. The largest absolute Gasteiger partial charge is 0.494 e. The summed E-state index contributed by atoms with van der Waals surface area (Å²) in [5.74, 6) is -0.651. The van der Waals surface area contributed by atoms with Crippen LogP contribution in [0.3, 0.4) is 0 Å². The fourth-order valence-electron chi connectivity index (χ4n) is 2.90. The fourth-order valence-corrected chi connectivity index (χ4v) is 2.90. The molecule has 0 unspecified atom stereocenters. The highest BCUT2D eigenvalue weighted by Crippen LogP contribution is 2.31. The van der Waals surface area contributed by atoms with Crippen molar-refractivity contribution in [3.05, 3.63) is 71.0 Å². The number of amides is 1. The van der Waals surface area contributed by atoms with Crippen molar-refractivity contribution in [3.8, 4) is 5.75 Å². The summed E-state index contributed by atoms with van der Waals surface area (Å²) in [5.41, 5.74) is 2.63. The number of carbonyl (C=O) groups excluding carboxylic acids is 1. The fraction of sp³-hybridized carbons (Fsp3) is 0.211. The van der Waals surface area contributed by atoms with Gasteiger partial charge in [0.05, 0.1) is 19.3 Å². The van der Waals surface area contributed by atoms with Gasteiger partial charge in [-0.25, -0.2) is 4.39 Å². The molecule has 0 bridgehead atoms. The van der Waals surface area contributed by atoms with E-state index in [4.69, 9.17) is 4.74 Å². The number of ether oxygens (including phenoxy) is 1. The predicted molar refractivity (Wildman–Crippen MR) is 89.0 cm³/mol. The number of halogens is 1. The molecular formula is C19H18FNO3. The van der Waals surface area contributed by atoms with Crippen LogP contribution in [-0.2, 0) is 11.2 Å². The molecule has 2 aromatic carbocycles. The number of nitrogens with one attached hydrogen (secondary N) is 1. The summed E-state index contributed by atoms with van der Waals surface area (Å²) in [6.45, 7) is 0. The second-order valence-corrected chi connectivity index (χ2v) is 5.68. The topological polar surface area (TPSA) is 58.6 Å². The van der Waals surface area contributed by atoms with Gasteiger partial charge in [-0.05, 0) is 34.9 Å². The molecular weight excluding hydrogens is 309 g/mol. The van der Waals surface area contributed by atoms with E-state index in [2.05, 4.69) is 5.32 Å². The Bertz CT molecular complexity index is 788. The molecule has 0 spiro atoms. The lowest BCUT2D eigenvalue weighted by Crippen LogP contribution is -2.32. The minimum Gasteiger partial charge on any atom is -0.494 e. The summed E-state index contributed by atoms with van der Waals surface area (Å²) in [4.78, 5) is 12.1. The van der Waals surface area contributed by atoms with E-state index in [1.165, 1.54) is 25.3 Å². The van der Waals surface area contributed by atoms with Gasteiger partial charge in [-0.3, -0.25) is 4.79 Å². The van der Waals surface area contributed by atoms with E-state index in [1.54, 1.807) is 12.1 Å². The van der Waals surface area contributed by atoms with E-state index in [1.807, 2.05) is 24.3 Å². The highest BCUT2D eigenvalue weighted by molar-refractivity contribution is 5.92. The van der Waals surface area contributed by atoms with Crippen LogP contribution in [0.4, 0.5) is 4.39 Å². The first kappa shape index (κ1) is 16.2. The lowest BCUT2D eigenvalue weighted by molar-refractivity contribution is -0.117. The van der Waals surface area contributed by atoms with Crippen LogP contribution >= 0.6 is 0 Å². The van der Waals surface area contributed by atoms with Crippen LogP contribution in [0.5, 0.6) is 5.75 Å². The third-order valence-electron chi connectivity index (χ3n) is 4.10. The Labute approximate surface area is 139 Å². The minimum atomic E-state index is -0.634. The van der Waals surface area contributed by atoms with Crippen LogP contribution in [0.1, 0.15) is 22.7 Å². The Kier molecular flexibility index (Phi) is 4.62. The Hall–Kier alpha value is -2.66. The van der Waals surface area contributed by atoms with E-state index in [0.29, 0.717) is 12.0 Å². The van der Waals surface area contributed by atoms with Crippen molar-refractivity contribution in [2.45, 2.75) is 18.6 Å². The van der Waals surface area contributed by atoms with Crippen LogP contribution in [0.2, 0.25) is 0 Å². The van der Waals surface area contributed by atoms with Crippen LogP contribution in [-0.4, -0.2) is 24.2 Å². The molecule has 2 aromatic rings. The predicted octanol–water partition coefficient (Wildman–Crippen LogP) is 2.62. The van der Waals surface area contributed by atoms with E-state index < -0.39 is 18.0 Å². The van der Waals surface area contributed by atoms with Crippen molar-refractivity contribution in [2.75, 3.05) is 7.11 Å².